The molecule has 0 aliphatic rings. The number of hydrogen-bond acceptors (Lipinski definition) is 3. The van der Waals surface area contributed by atoms with Gasteiger partial charge in [-0.3, -0.25) is 0 Å². The van der Waals surface area contributed by atoms with Crippen LogP contribution in [0.2, 0.25) is 5.15 Å². The summed E-state index contributed by atoms with van der Waals surface area (Å²) in [6.07, 6.45) is 1.46. The van der Waals surface area contributed by atoms with Gasteiger partial charge in [0.15, 0.2) is 5.15 Å². The minimum absolute atomic E-state index is 0.0464. The Bertz CT molecular complexity index is 204. The van der Waals surface area contributed by atoms with Gasteiger partial charge in [-0.25, -0.2) is 0 Å². The van der Waals surface area contributed by atoms with Crippen LogP contribution in [0.5, 0.6) is 0 Å². The fourth-order valence-corrected chi connectivity index (χ4v) is 0.648. The predicted octanol–water partition coefficient (Wildman–Crippen LogP) is 0.622. The van der Waals surface area contributed by atoms with Crippen molar-refractivity contribution in [1.29, 1.82) is 0 Å². The van der Waals surface area contributed by atoms with Crippen molar-refractivity contribution in [2.24, 2.45) is 0 Å². The van der Waals surface area contributed by atoms with Crippen molar-refractivity contribution in [1.82, 2.24) is 10.2 Å². The van der Waals surface area contributed by atoms with E-state index in [0.29, 0.717) is 10.7 Å². The third-order valence-electron chi connectivity index (χ3n) is 0.864. The molecule has 1 N–H and O–H groups in total. The van der Waals surface area contributed by atoms with E-state index < -0.39 is 0 Å². The van der Waals surface area contributed by atoms with Crippen molar-refractivity contribution < 1.29 is 5.11 Å². The summed E-state index contributed by atoms with van der Waals surface area (Å²) in [5, 5.41) is 15.8. The first-order chi connectivity index (χ1) is 4.33. The van der Waals surface area contributed by atoms with E-state index in [-0.39, 0.29) is 6.61 Å². The first-order valence-corrected chi connectivity index (χ1v) is 2.78. The number of aliphatic hydroxyl groups excluding tert-OH is 1. The Hall–Kier alpha value is -0.670. The van der Waals surface area contributed by atoms with Gasteiger partial charge in [-0.05, 0) is 6.07 Å². The second-order valence-electron chi connectivity index (χ2n) is 1.54. The maximum Gasteiger partial charge on any atom is 0.152 e. The lowest BCUT2D eigenvalue weighted by molar-refractivity contribution is 0.281. The molecule has 0 fully saturated rings. The highest BCUT2D eigenvalue weighted by atomic mass is 35.5. The molecule has 0 saturated heterocycles. The Kier molecular flexibility index (Phi) is 1.97. The average molecular weight is 145 g/mol. The highest BCUT2D eigenvalue weighted by Gasteiger charge is 1.91. The van der Waals surface area contributed by atoms with Crippen LogP contribution in [-0.4, -0.2) is 15.3 Å². The van der Waals surface area contributed by atoms with E-state index in [0.717, 1.165) is 0 Å². The zero-order valence-corrected chi connectivity index (χ0v) is 5.34. The van der Waals surface area contributed by atoms with Crippen LogP contribution in [0.15, 0.2) is 12.3 Å². The quantitative estimate of drug-likeness (QED) is 0.629. The van der Waals surface area contributed by atoms with E-state index in [1.54, 1.807) is 6.07 Å². The molecule has 0 spiro atoms. The molecule has 9 heavy (non-hydrogen) atoms. The molecule has 0 aliphatic heterocycles. The predicted molar refractivity (Wildman–Crippen MR) is 33.0 cm³/mol. The Morgan fingerprint density at radius 1 is 1.67 bits per heavy atom. The molecule has 0 bridgehead atoms. The highest BCUT2D eigenvalue weighted by molar-refractivity contribution is 6.29. The normalized spacial score (nSPS) is 9.56. The Morgan fingerprint density at radius 2 is 2.44 bits per heavy atom. The number of rotatable bonds is 1. The standard InChI is InChI=1S/C5H5ClN2O/c6-5-1-4(3-9)2-7-8-5/h1-2,9H,3H2. The molecule has 1 heterocycles. The molecule has 3 nitrogen and oxygen atoms in total. The van der Waals surface area contributed by atoms with E-state index in [1.165, 1.54) is 6.20 Å². The van der Waals surface area contributed by atoms with Crippen LogP contribution in [0.4, 0.5) is 0 Å². The molecule has 1 aromatic heterocycles. The van der Waals surface area contributed by atoms with Crippen molar-refractivity contribution in [3.63, 3.8) is 0 Å². The molecule has 0 radical (unpaired) electrons. The van der Waals surface area contributed by atoms with E-state index in [4.69, 9.17) is 16.7 Å². The summed E-state index contributed by atoms with van der Waals surface area (Å²) < 4.78 is 0. The van der Waals surface area contributed by atoms with Crippen LogP contribution in [-0.2, 0) is 6.61 Å². The van der Waals surface area contributed by atoms with Crippen molar-refractivity contribution in [3.8, 4) is 0 Å². The zero-order valence-electron chi connectivity index (χ0n) is 4.58. The Labute approximate surface area is 57.3 Å². The van der Waals surface area contributed by atoms with Gasteiger partial charge in [0.2, 0.25) is 0 Å². The van der Waals surface area contributed by atoms with Crippen LogP contribution < -0.4 is 0 Å². The summed E-state index contributed by atoms with van der Waals surface area (Å²) >= 11 is 5.44. The van der Waals surface area contributed by atoms with Crippen LogP contribution in [0.25, 0.3) is 0 Å². The molecule has 0 amide bonds. The topological polar surface area (TPSA) is 46.0 Å². The van der Waals surface area contributed by atoms with E-state index >= 15 is 0 Å². The van der Waals surface area contributed by atoms with Gasteiger partial charge in [-0.1, -0.05) is 11.6 Å². The minimum atomic E-state index is -0.0464. The SMILES string of the molecule is OCc1cnnc(Cl)c1. The van der Waals surface area contributed by atoms with Gasteiger partial charge in [-0.15, -0.1) is 5.10 Å². The first kappa shape index (κ1) is 6.45. The average Bonchev–Trinajstić information content (AvgIpc) is 1.88. The molecule has 48 valence electrons. The summed E-state index contributed by atoms with van der Waals surface area (Å²) in [6.45, 7) is -0.0464. The summed E-state index contributed by atoms with van der Waals surface area (Å²) in [7, 11) is 0. The summed E-state index contributed by atoms with van der Waals surface area (Å²) in [6, 6.07) is 1.56. The number of aliphatic hydroxyl groups is 1. The smallest absolute Gasteiger partial charge is 0.152 e. The first-order valence-electron chi connectivity index (χ1n) is 2.41. The molecule has 1 aromatic rings. The fraction of sp³-hybridized carbons (Fsp3) is 0.200. The van der Waals surface area contributed by atoms with Crippen molar-refractivity contribution in [3.05, 3.63) is 23.0 Å². The minimum Gasteiger partial charge on any atom is -0.392 e. The number of halogens is 1. The molecule has 0 saturated carbocycles. The van der Waals surface area contributed by atoms with Gasteiger partial charge >= 0.3 is 0 Å². The van der Waals surface area contributed by atoms with E-state index in [1.807, 2.05) is 0 Å². The van der Waals surface area contributed by atoms with Crippen molar-refractivity contribution >= 4 is 11.6 Å². The van der Waals surface area contributed by atoms with Crippen LogP contribution >= 0.6 is 11.6 Å². The van der Waals surface area contributed by atoms with Crippen LogP contribution in [0.3, 0.4) is 0 Å². The second-order valence-corrected chi connectivity index (χ2v) is 1.93. The van der Waals surface area contributed by atoms with E-state index in [2.05, 4.69) is 10.2 Å². The van der Waals surface area contributed by atoms with Crippen molar-refractivity contribution in [2.45, 2.75) is 6.61 Å². The largest absolute Gasteiger partial charge is 0.392 e. The lowest BCUT2D eigenvalue weighted by atomic mass is 10.3. The van der Waals surface area contributed by atoms with Crippen LogP contribution in [0.1, 0.15) is 5.56 Å². The van der Waals surface area contributed by atoms with Gasteiger partial charge in [0.05, 0.1) is 12.8 Å². The van der Waals surface area contributed by atoms with Crippen LogP contribution in [0, 0.1) is 0 Å². The Balaban J connectivity index is 2.94. The summed E-state index contributed by atoms with van der Waals surface area (Å²) in [5.74, 6) is 0. The molecule has 0 aromatic carbocycles. The van der Waals surface area contributed by atoms with Gasteiger partial charge < -0.3 is 5.11 Å². The number of aromatic nitrogens is 2. The molecule has 1 rings (SSSR count). The van der Waals surface area contributed by atoms with Gasteiger partial charge in [0.25, 0.3) is 0 Å². The van der Waals surface area contributed by atoms with Gasteiger partial charge in [0, 0.05) is 5.56 Å². The summed E-state index contributed by atoms with van der Waals surface area (Å²) in [4.78, 5) is 0. The summed E-state index contributed by atoms with van der Waals surface area (Å²) in [5.41, 5.74) is 0.676. The van der Waals surface area contributed by atoms with Gasteiger partial charge in [-0.2, -0.15) is 5.10 Å². The third kappa shape index (κ3) is 1.62. The lowest BCUT2D eigenvalue weighted by Gasteiger charge is -1.91. The number of nitrogens with zero attached hydrogens (tertiary/aromatic N) is 2. The van der Waals surface area contributed by atoms with Gasteiger partial charge in [0.1, 0.15) is 0 Å². The molecule has 4 heteroatoms. The maximum absolute atomic E-state index is 8.54. The highest BCUT2D eigenvalue weighted by Crippen LogP contribution is 2.03. The van der Waals surface area contributed by atoms with E-state index in [9.17, 15) is 0 Å². The Morgan fingerprint density at radius 3 is 2.89 bits per heavy atom. The monoisotopic (exact) mass is 144 g/mol. The maximum atomic E-state index is 8.54. The molecular weight excluding hydrogens is 140 g/mol. The number of hydrogen-bond donors (Lipinski definition) is 1. The zero-order chi connectivity index (χ0) is 6.69. The second kappa shape index (κ2) is 2.75. The molecule has 0 aliphatic carbocycles. The fourth-order valence-electron chi connectivity index (χ4n) is 0.464. The lowest BCUT2D eigenvalue weighted by Crippen LogP contribution is -1.87. The molecular formula is C5H5ClN2O. The van der Waals surface area contributed by atoms with Crippen molar-refractivity contribution in [2.75, 3.05) is 0 Å². The third-order valence-corrected chi connectivity index (χ3v) is 1.05. The molecule has 0 atom stereocenters. The molecule has 0 unspecified atom stereocenters.